The van der Waals surface area contributed by atoms with Gasteiger partial charge >= 0.3 is 0 Å². The summed E-state index contributed by atoms with van der Waals surface area (Å²) >= 11 is 1.87. The van der Waals surface area contributed by atoms with Crippen molar-refractivity contribution in [2.24, 2.45) is 9.98 Å². The Labute approximate surface area is 323 Å². The lowest BCUT2D eigenvalue weighted by molar-refractivity contribution is 0.751. The van der Waals surface area contributed by atoms with Gasteiger partial charge in [-0.1, -0.05) is 171 Å². The summed E-state index contributed by atoms with van der Waals surface area (Å²) in [5.41, 5.74) is 20.7. The topological polar surface area (TPSA) is 24.7 Å². The molecule has 7 aromatic rings. The number of hydrogen-bond donors (Lipinski definition) is 0. The maximum atomic E-state index is 5.44. The van der Waals surface area contributed by atoms with E-state index in [1.54, 1.807) is 0 Å². The highest BCUT2D eigenvalue weighted by atomic mass is 32.1. The molecule has 0 radical (unpaired) electrons. The molecule has 0 spiro atoms. The van der Waals surface area contributed by atoms with E-state index in [9.17, 15) is 0 Å². The molecular weight excluding hydrogens is 671 g/mol. The van der Waals surface area contributed by atoms with Gasteiger partial charge in [0.1, 0.15) is 0 Å². The Kier molecular flexibility index (Phi) is 8.67. The first kappa shape index (κ1) is 34.2. The molecule has 2 aliphatic heterocycles. The predicted molar refractivity (Wildman–Crippen MR) is 235 cm³/mol. The fourth-order valence-electron chi connectivity index (χ4n) is 9.31. The van der Waals surface area contributed by atoms with Crippen molar-refractivity contribution < 1.29 is 0 Å². The molecule has 0 aliphatic carbocycles. The highest BCUT2D eigenvalue weighted by Crippen LogP contribution is 2.44. The number of aryl methyl sites for hydroxylation is 6. The molecule has 0 bridgehead atoms. The third-order valence-corrected chi connectivity index (χ3v) is 12.8. The maximum absolute atomic E-state index is 5.44. The molecule has 2 atom stereocenters. The summed E-state index contributed by atoms with van der Waals surface area (Å²) in [6, 6.07) is 44.7. The van der Waals surface area contributed by atoms with Gasteiger partial charge in [-0.25, -0.2) is 0 Å². The van der Waals surface area contributed by atoms with E-state index in [1.807, 2.05) is 23.8 Å². The quantitative estimate of drug-likeness (QED) is 0.153. The highest BCUT2D eigenvalue weighted by Gasteiger charge is 2.35. The van der Waals surface area contributed by atoms with Gasteiger partial charge in [-0.2, -0.15) is 0 Å². The van der Waals surface area contributed by atoms with Crippen LogP contribution in [0.1, 0.15) is 55.3 Å². The van der Waals surface area contributed by atoms with Gasteiger partial charge in [0.05, 0.1) is 16.6 Å². The minimum atomic E-state index is -0.00889. The Morgan fingerprint density at radius 2 is 0.981 bits per heavy atom. The molecule has 0 saturated carbocycles. The van der Waals surface area contributed by atoms with Gasteiger partial charge in [-0.15, -0.1) is 11.3 Å². The van der Waals surface area contributed by atoms with Crippen LogP contribution >= 0.6 is 11.3 Å². The second-order valence-electron chi connectivity index (χ2n) is 15.2. The normalized spacial score (nSPS) is 15.9. The highest BCUT2D eigenvalue weighted by molar-refractivity contribution is 7.21. The van der Waals surface area contributed by atoms with Gasteiger partial charge in [-0.05, 0) is 80.8 Å². The van der Waals surface area contributed by atoms with Gasteiger partial charge in [0.2, 0.25) is 6.71 Å². The molecule has 3 heterocycles. The summed E-state index contributed by atoms with van der Waals surface area (Å²) in [7, 11) is 0. The van der Waals surface area contributed by atoms with Crippen molar-refractivity contribution in [2.75, 3.05) is 0 Å². The first-order chi connectivity index (χ1) is 26.3. The van der Waals surface area contributed by atoms with Crippen molar-refractivity contribution in [1.82, 2.24) is 0 Å². The van der Waals surface area contributed by atoms with Crippen molar-refractivity contribution in [1.29, 1.82) is 0 Å². The van der Waals surface area contributed by atoms with Crippen molar-refractivity contribution in [3.63, 3.8) is 0 Å². The molecule has 0 N–H and O–H groups in total. The predicted octanol–water partition coefficient (Wildman–Crippen LogP) is 10.5. The molecule has 2 aliphatic rings. The Morgan fingerprint density at radius 1 is 0.519 bits per heavy atom. The number of rotatable bonds is 6. The summed E-state index contributed by atoms with van der Waals surface area (Å²) in [6.45, 7) is 13.9. The smallest absolute Gasteiger partial charge is 0.243 e. The van der Waals surface area contributed by atoms with E-state index >= 15 is 0 Å². The summed E-state index contributed by atoms with van der Waals surface area (Å²) in [5.74, 6) is 0.206. The average Bonchev–Trinajstić information content (AvgIpc) is 3.57. The second kappa shape index (κ2) is 13.7. The molecule has 262 valence electrons. The van der Waals surface area contributed by atoms with Crippen LogP contribution in [0.4, 0.5) is 0 Å². The van der Waals surface area contributed by atoms with Crippen LogP contribution in [0.2, 0.25) is 0 Å². The van der Waals surface area contributed by atoms with Crippen LogP contribution in [0.15, 0.2) is 144 Å². The molecule has 0 fully saturated rings. The van der Waals surface area contributed by atoms with E-state index in [2.05, 4.69) is 174 Å². The fraction of sp³-hybridized carbons (Fsp3) is 0.160. The van der Waals surface area contributed by atoms with Crippen LogP contribution in [0, 0.1) is 41.5 Å². The molecule has 4 heteroatoms. The summed E-state index contributed by atoms with van der Waals surface area (Å²) < 4.78 is 1.31. The van der Waals surface area contributed by atoms with E-state index in [0.717, 1.165) is 5.71 Å². The monoisotopic (exact) mass is 714 g/mol. The van der Waals surface area contributed by atoms with Crippen LogP contribution in [-0.2, 0) is 0 Å². The summed E-state index contributed by atoms with van der Waals surface area (Å²) in [5, 5.41) is 1.33. The van der Waals surface area contributed by atoms with Crippen LogP contribution in [0.25, 0.3) is 32.3 Å². The minimum absolute atomic E-state index is 0.00889. The zero-order chi connectivity index (χ0) is 37.1. The van der Waals surface area contributed by atoms with Gasteiger partial charge in [0.15, 0.2) is 0 Å². The van der Waals surface area contributed by atoms with Crippen LogP contribution in [0.5, 0.6) is 0 Å². The van der Waals surface area contributed by atoms with Gasteiger partial charge in [0, 0.05) is 28.6 Å². The van der Waals surface area contributed by atoms with Crippen LogP contribution in [-0.4, -0.2) is 24.7 Å². The van der Waals surface area contributed by atoms with Crippen LogP contribution in [0.3, 0.4) is 0 Å². The maximum Gasteiger partial charge on any atom is 0.243 e. The first-order valence-corrected chi connectivity index (χ1v) is 19.8. The Bertz CT molecular complexity index is 2520. The van der Waals surface area contributed by atoms with Crippen LogP contribution < -0.4 is 16.4 Å². The Balaban J connectivity index is 1.24. The lowest BCUT2D eigenvalue weighted by Crippen LogP contribution is -2.57. The molecule has 0 amide bonds. The first-order valence-electron chi connectivity index (χ1n) is 19.0. The Hall–Kier alpha value is -5.58. The molecule has 54 heavy (non-hydrogen) atoms. The third kappa shape index (κ3) is 5.81. The third-order valence-electron chi connectivity index (χ3n) is 11.6. The lowest BCUT2D eigenvalue weighted by Gasteiger charge is -2.29. The second-order valence-corrected chi connectivity index (χ2v) is 16.3. The lowest BCUT2D eigenvalue weighted by atomic mass is 9.33. The Morgan fingerprint density at radius 3 is 1.50 bits per heavy atom. The van der Waals surface area contributed by atoms with Crippen molar-refractivity contribution in [3.8, 4) is 22.3 Å². The summed E-state index contributed by atoms with van der Waals surface area (Å²) in [6.07, 6.45) is 6.20. The van der Waals surface area contributed by atoms with E-state index < -0.39 is 0 Å². The summed E-state index contributed by atoms with van der Waals surface area (Å²) in [4.78, 5) is 11.3. The van der Waals surface area contributed by atoms with Crippen molar-refractivity contribution in [2.45, 2.75) is 53.5 Å². The van der Waals surface area contributed by atoms with E-state index in [-0.39, 0.29) is 18.7 Å². The number of benzene rings is 6. The molecule has 1 aromatic heterocycles. The van der Waals surface area contributed by atoms with E-state index in [0.29, 0.717) is 0 Å². The molecule has 0 saturated heterocycles. The van der Waals surface area contributed by atoms with Crippen molar-refractivity contribution in [3.05, 3.63) is 183 Å². The fourth-order valence-corrected chi connectivity index (χ4v) is 10.6. The van der Waals surface area contributed by atoms with Gasteiger partial charge in [0.25, 0.3) is 0 Å². The molecule has 9 rings (SSSR count). The van der Waals surface area contributed by atoms with Gasteiger partial charge < -0.3 is 0 Å². The molecule has 2 nitrogen and oxygen atoms in total. The standard InChI is InChI=1S/C50H43BN2S/c1-30-23-38(36-15-9-7-10-16-36)24-31(2)46(30)51(47-32(3)25-39(26-33(47)4)37-17-11-8-12-18-37)48-34(5)27-40(28-35(48)6)49-50-45(41-21-22-52-29-43(41)53-49)42-19-13-14-20-44(42)54-50/h7-29,41,43H,1-6H3. The minimum Gasteiger partial charge on any atom is -0.273 e. The zero-order valence-electron chi connectivity index (χ0n) is 31.8. The van der Waals surface area contributed by atoms with Crippen molar-refractivity contribution >= 4 is 56.5 Å². The largest absolute Gasteiger partial charge is 0.273 e. The number of hydrogen-bond acceptors (Lipinski definition) is 3. The number of nitrogens with zero attached hydrogens (tertiary/aromatic N) is 2. The zero-order valence-corrected chi connectivity index (χ0v) is 32.6. The molecule has 2 unspecified atom stereocenters. The number of aliphatic imine (C=N–C) groups is 2. The number of thiophene rings is 1. The van der Waals surface area contributed by atoms with E-state index in [4.69, 9.17) is 4.99 Å². The number of fused-ring (bicyclic) bond motifs is 5. The average molecular weight is 715 g/mol. The molecular formula is C50H43BN2S. The van der Waals surface area contributed by atoms with Gasteiger partial charge in [-0.3, -0.25) is 9.98 Å². The van der Waals surface area contributed by atoms with E-state index in [1.165, 1.54) is 98.1 Å². The SMILES string of the molecule is Cc1cc(C2=NC3C=NC=CC3c3c2sc2ccccc32)cc(C)c1B(c1c(C)cc(-c2ccccc2)cc1C)c1c(C)cc(-c2ccccc2)cc1C. The molecule has 6 aromatic carbocycles.